The standard InChI is InChI=1S/C15H13ClN2O2S/c1-18(11-13-4-2-12(10-17)3-5-13)21(19,20)15-8-6-14(16)7-9-15/h2-9H,11H2,1H3. The van der Waals surface area contributed by atoms with Gasteiger partial charge in [0, 0.05) is 18.6 Å². The Morgan fingerprint density at radius 1 is 1.10 bits per heavy atom. The van der Waals surface area contributed by atoms with Crippen molar-refractivity contribution in [1.29, 1.82) is 5.26 Å². The molecule has 0 unspecified atom stereocenters. The first-order chi connectivity index (χ1) is 9.93. The van der Waals surface area contributed by atoms with Gasteiger partial charge in [0.15, 0.2) is 0 Å². The maximum atomic E-state index is 12.4. The fourth-order valence-corrected chi connectivity index (χ4v) is 3.10. The number of sulfonamides is 1. The van der Waals surface area contributed by atoms with Gasteiger partial charge in [0.1, 0.15) is 0 Å². The van der Waals surface area contributed by atoms with E-state index in [4.69, 9.17) is 16.9 Å². The van der Waals surface area contributed by atoms with Gasteiger partial charge in [0.2, 0.25) is 10.0 Å². The van der Waals surface area contributed by atoms with Gasteiger partial charge >= 0.3 is 0 Å². The third-order valence-corrected chi connectivity index (χ3v) is 5.08. The first-order valence-corrected chi connectivity index (χ1v) is 7.96. The molecule has 0 N–H and O–H groups in total. The molecule has 0 heterocycles. The summed E-state index contributed by atoms with van der Waals surface area (Å²) in [6.07, 6.45) is 0. The van der Waals surface area contributed by atoms with E-state index >= 15 is 0 Å². The highest BCUT2D eigenvalue weighted by Crippen LogP contribution is 2.19. The summed E-state index contributed by atoms with van der Waals surface area (Å²) in [7, 11) is -2.04. The van der Waals surface area contributed by atoms with Crippen LogP contribution in [-0.2, 0) is 16.6 Å². The van der Waals surface area contributed by atoms with Crippen molar-refractivity contribution in [2.75, 3.05) is 7.05 Å². The molecule has 4 nitrogen and oxygen atoms in total. The highest BCUT2D eigenvalue weighted by molar-refractivity contribution is 7.89. The molecular weight excluding hydrogens is 308 g/mol. The molecule has 0 spiro atoms. The predicted molar refractivity (Wildman–Crippen MR) is 81.3 cm³/mol. The average Bonchev–Trinajstić information content (AvgIpc) is 2.48. The van der Waals surface area contributed by atoms with Gasteiger partial charge in [-0.2, -0.15) is 9.57 Å². The maximum Gasteiger partial charge on any atom is 0.243 e. The molecule has 0 fully saturated rings. The Hall–Kier alpha value is -1.87. The van der Waals surface area contributed by atoms with E-state index in [9.17, 15) is 8.42 Å². The number of halogens is 1. The minimum Gasteiger partial charge on any atom is -0.207 e. The van der Waals surface area contributed by atoms with Crippen molar-refractivity contribution >= 4 is 21.6 Å². The van der Waals surface area contributed by atoms with Gasteiger partial charge < -0.3 is 0 Å². The molecule has 0 aliphatic heterocycles. The lowest BCUT2D eigenvalue weighted by atomic mass is 10.1. The zero-order valence-electron chi connectivity index (χ0n) is 11.3. The Morgan fingerprint density at radius 3 is 2.19 bits per heavy atom. The molecule has 0 amide bonds. The first kappa shape index (κ1) is 15.5. The number of hydrogen-bond donors (Lipinski definition) is 0. The summed E-state index contributed by atoms with van der Waals surface area (Å²) in [5.41, 5.74) is 1.36. The van der Waals surface area contributed by atoms with Crippen LogP contribution < -0.4 is 0 Å². The van der Waals surface area contributed by atoms with Gasteiger partial charge in [-0.1, -0.05) is 23.7 Å². The van der Waals surface area contributed by atoms with Crippen molar-refractivity contribution in [3.05, 3.63) is 64.7 Å². The SMILES string of the molecule is CN(Cc1ccc(C#N)cc1)S(=O)(=O)c1ccc(Cl)cc1. The predicted octanol–water partition coefficient (Wildman–Crippen LogP) is 3.03. The second-order valence-electron chi connectivity index (χ2n) is 4.52. The van der Waals surface area contributed by atoms with Gasteiger partial charge in [0.25, 0.3) is 0 Å². The molecule has 21 heavy (non-hydrogen) atoms. The quantitative estimate of drug-likeness (QED) is 0.870. The molecule has 2 rings (SSSR count). The summed E-state index contributed by atoms with van der Waals surface area (Å²) in [6.45, 7) is 0.233. The number of nitrogens with zero attached hydrogens (tertiary/aromatic N) is 2. The van der Waals surface area contributed by atoms with E-state index in [1.54, 1.807) is 36.4 Å². The van der Waals surface area contributed by atoms with Crippen molar-refractivity contribution in [3.8, 4) is 6.07 Å². The van der Waals surface area contributed by atoms with Gasteiger partial charge in [-0.25, -0.2) is 8.42 Å². The monoisotopic (exact) mass is 320 g/mol. The van der Waals surface area contributed by atoms with E-state index in [0.717, 1.165) is 5.56 Å². The van der Waals surface area contributed by atoms with E-state index in [1.807, 2.05) is 6.07 Å². The molecule has 2 aromatic carbocycles. The fraction of sp³-hybridized carbons (Fsp3) is 0.133. The summed E-state index contributed by atoms with van der Waals surface area (Å²) < 4.78 is 26.1. The highest BCUT2D eigenvalue weighted by atomic mass is 35.5. The number of hydrogen-bond acceptors (Lipinski definition) is 3. The lowest BCUT2D eigenvalue weighted by molar-refractivity contribution is 0.467. The van der Waals surface area contributed by atoms with Crippen molar-refractivity contribution < 1.29 is 8.42 Å². The average molecular weight is 321 g/mol. The summed E-state index contributed by atoms with van der Waals surface area (Å²) >= 11 is 5.76. The van der Waals surface area contributed by atoms with Crippen LogP contribution in [0.2, 0.25) is 5.02 Å². The fourth-order valence-electron chi connectivity index (χ4n) is 1.81. The third kappa shape index (κ3) is 3.61. The molecule has 108 valence electrons. The molecule has 0 radical (unpaired) electrons. The minimum absolute atomic E-state index is 0.197. The number of rotatable bonds is 4. The Balaban J connectivity index is 2.20. The Bertz CT molecular complexity index is 763. The zero-order chi connectivity index (χ0) is 15.5. The van der Waals surface area contributed by atoms with E-state index in [-0.39, 0.29) is 11.4 Å². The minimum atomic E-state index is -3.56. The molecule has 0 aromatic heterocycles. The molecule has 0 aliphatic rings. The van der Waals surface area contributed by atoms with Gasteiger partial charge in [-0.3, -0.25) is 0 Å². The van der Waals surface area contributed by atoms with Gasteiger partial charge in [-0.05, 0) is 42.0 Å². The van der Waals surface area contributed by atoms with E-state index in [0.29, 0.717) is 10.6 Å². The van der Waals surface area contributed by atoms with Crippen molar-refractivity contribution in [2.45, 2.75) is 11.4 Å². The van der Waals surface area contributed by atoms with Crippen LogP contribution in [0.5, 0.6) is 0 Å². The van der Waals surface area contributed by atoms with Gasteiger partial charge in [0.05, 0.1) is 16.5 Å². The van der Waals surface area contributed by atoms with Crippen LogP contribution in [0, 0.1) is 11.3 Å². The van der Waals surface area contributed by atoms with Crippen LogP contribution in [0.4, 0.5) is 0 Å². The molecule has 0 saturated carbocycles. The molecule has 2 aromatic rings. The van der Waals surface area contributed by atoms with E-state index in [2.05, 4.69) is 0 Å². The molecule has 0 bridgehead atoms. The van der Waals surface area contributed by atoms with Crippen molar-refractivity contribution in [1.82, 2.24) is 4.31 Å². The first-order valence-electron chi connectivity index (χ1n) is 6.14. The number of benzene rings is 2. The highest BCUT2D eigenvalue weighted by Gasteiger charge is 2.20. The molecule has 0 saturated heterocycles. The summed E-state index contributed by atoms with van der Waals surface area (Å²) in [6, 6.07) is 14.9. The Kier molecular flexibility index (Phi) is 4.63. The molecule has 0 atom stereocenters. The lowest BCUT2D eigenvalue weighted by Crippen LogP contribution is -2.26. The van der Waals surface area contributed by atoms with Crippen molar-refractivity contribution in [3.63, 3.8) is 0 Å². The smallest absolute Gasteiger partial charge is 0.207 e. The van der Waals surface area contributed by atoms with E-state index < -0.39 is 10.0 Å². The van der Waals surface area contributed by atoms with Crippen LogP contribution in [-0.4, -0.2) is 19.8 Å². The second kappa shape index (κ2) is 6.27. The maximum absolute atomic E-state index is 12.4. The third-order valence-electron chi connectivity index (χ3n) is 3.01. The second-order valence-corrected chi connectivity index (χ2v) is 7.01. The summed E-state index contributed by atoms with van der Waals surface area (Å²) in [5, 5.41) is 9.23. The van der Waals surface area contributed by atoms with Crippen LogP contribution in [0.25, 0.3) is 0 Å². The van der Waals surface area contributed by atoms with E-state index in [1.165, 1.54) is 23.5 Å². The van der Waals surface area contributed by atoms with Crippen LogP contribution in [0.3, 0.4) is 0 Å². The van der Waals surface area contributed by atoms with Gasteiger partial charge in [-0.15, -0.1) is 0 Å². The van der Waals surface area contributed by atoms with Crippen molar-refractivity contribution in [2.24, 2.45) is 0 Å². The summed E-state index contributed by atoms with van der Waals surface area (Å²) in [5.74, 6) is 0. The normalized spacial score (nSPS) is 11.3. The van der Waals surface area contributed by atoms with Crippen LogP contribution in [0.15, 0.2) is 53.4 Å². The zero-order valence-corrected chi connectivity index (χ0v) is 12.9. The lowest BCUT2D eigenvalue weighted by Gasteiger charge is -2.17. The topological polar surface area (TPSA) is 61.2 Å². The molecule has 6 heteroatoms. The molecular formula is C15H13ClN2O2S. The largest absolute Gasteiger partial charge is 0.243 e. The van der Waals surface area contributed by atoms with Crippen LogP contribution >= 0.6 is 11.6 Å². The Labute approximate surface area is 129 Å². The Morgan fingerprint density at radius 2 is 1.67 bits per heavy atom. The number of nitriles is 1. The summed E-state index contributed by atoms with van der Waals surface area (Å²) in [4.78, 5) is 0.197. The molecule has 0 aliphatic carbocycles. The van der Waals surface area contributed by atoms with Crippen LogP contribution in [0.1, 0.15) is 11.1 Å².